The van der Waals surface area contributed by atoms with Crippen LogP contribution < -0.4 is 0 Å². The first-order chi connectivity index (χ1) is 12.4. The van der Waals surface area contributed by atoms with Crippen LogP contribution in [0.2, 0.25) is 5.02 Å². The van der Waals surface area contributed by atoms with Crippen molar-refractivity contribution in [2.75, 3.05) is 0 Å². The van der Waals surface area contributed by atoms with E-state index in [4.69, 9.17) is 16.3 Å². The molecule has 0 bridgehead atoms. The van der Waals surface area contributed by atoms with Crippen LogP contribution in [0.25, 0.3) is 0 Å². The van der Waals surface area contributed by atoms with Gasteiger partial charge in [0.25, 0.3) is 0 Å². The molecule has 1 unspecified atom stereocenters. The number of hydrogen-bond acceptors (Lipinski definition) is 4. The second kappa shape index (κ2) is 7.94. The summed E-state index contributed by atoms with van der Waals surface area (Å²) in [4.78, 5) is 12.1. The van der Waals surface area contributed by atoms with Crippen molar-refractivity contribution in [2.24, 2.45) is 0 Å². The van der Waals surface area contributed by atoms with E-state index in [1.807, 2.05) is 0 Å². The van der Waals surface area contributed by atoms with Gasteiger partial charge in [-0.3, -0.25) is 4.79 Å². The second-order valence-corrected chi connectivity index (χ2v) is 9.51. The molecule has 0 aliphatic rings. The molecule has 2 aromatic rings. The maximum atomic E-state index is 14.3. The SMILES string of the molecule is CC(C)(C)OC(=O)CC(c1cc(F)ccc1F)S(=O)(=O)c1ccc(Cl)cc1. The molecule has 0 saturated heterocycles. The minimum Gasteiger partial charge on any atom is -0.460 e. The molecular weight excluding hydrogens is 398 g/mol. The lowest BCUT2D eigenvalue weighted by atomic mass is 10.1. The van der Waals surface area contributed by atoms with Gasteiger partial charge in [0.05, 0.1) is 11.3 Å². The highest BCUT2D eigenvalue weighted by Gasteiger charge is 2.35. The van der Waals surface area contributed by atoms with Gasteiger partial charge >= 0.3 is 5.97 Å². The number of halogens is 3. The van der Waals surface area contributed by atoms with Gasteiger partial charge in [-0.25, -0.2) is 17.2 Å². The lowest BCUT2D eigenvalue weighted by Gasteiger charge is -2.23. The fourth-order valence-electron chi connectivity index (χ4n) is 2.47. The molecule has 8 heteroatoms. The summed E-state index contributed by atoms with van der Waals surface area (Å²) in [6.45, 7) is 4.86. The lowest BCUT2D eigenvalue weighted by Crippen LogP contribution is -2.27. The number of benzene rings is 2. The number of carbonyl (C=O) groups is 1. The summed E-state index contributed by atoms with van der Waals surface area (Å²) >= 11 is 5.78. The number of sulfone groups is 1. The molecule has 0 fully saturated rings. The molecule has 2 aromatic carbocycles. The predicted molar refractivity (Wildman–Crippen MR) is 98.2 cm³/mol. The fraction of sp³-hybridized carbons (Fsp3) is 0.316. The predicted octanol–water partition coefficient (Wildman–Crippen LogP) is 4.87. The molecule has 0 saturated carbocycles. The molecule has 1 atom stereocenters. The molecule has 27 heavy (non-hydrogen) atoms. The summed E-state index contributed by atoms with van der Waals surface area (Å²) in [5.41, 5.74) is -1.29. The average Bonchev–Trinajstić information content (AvgIpc) is 2.54. The van der Waals surface area contributed by atoms with Crippen molar-refractivity contribution in [1.82, 2.24) is 0 Å². The number of carbonyl (C=O) groups excluding carboxylic acids is 1. The first-order valence-electron chi connectivity index (χ1n) is 8.06. The molecule has 0 aromatic heterocycles. The molecule has 2 rings (SSSR count). The zero-order valence-electron chi connectivity index (χ0n) is 15.0. The first kappa shape index (κ1) is 21.3. The Morgan fingerprint density at radius 3 is 2.26 bits per heavy atom. The number of esters is 1. The maximum absolute atomic E-state index is 14.3. The Labute approximate surface area is 162 Å². The van der Waals surface area contributed by atoms with Crippen LogP contribution in [0.1, 0.15) is 38.0 Å². The normalized spacial score (nSPS) is 13.3. The van der Waals surface area contributed by atoms with Crippen molar-refractivity contribution in [3.8, 4) is 0 Å². The smallest absolute Gasteiger partial charge is 0.307 e. The molecule has 0 N–H and O–H groups in total. The molecule has 0 heterocycles. The van der Waals surface area contributed by atoms with Crippen molar-refractivity contribution in [3.05, 3.63) is 64.7 Å². The van der Waals surface area contributed by atoms with Crippen LogP contribution >= 0.6 is 11.6 Å². The standard InChI is InChI=1S/C19H19ClF2O4S/c1-19(2,3)26-18(23)11-17(15-10-13(21)6-9-16(15)22)27(24,25)14-7-4-12(20)5-8-14/h4-10,17H,11H2,1-3H3. The molecule has 146 valence electrons. The molecule has 0 aliphatic carbocycles. The van der Waals surface area contributed by atoms with Gasteiger partial charge in [-0.15, -0.1) is 0 Å². The molecule has 4 nitrogen and oxygen atoms in total. The summed E-state index contributed by atoms with van der Waals surface area (Å²) < 4.78 is 59.3. The summed E-state index contributed by atoms with van der Waals surface area (Å²) in [5, 5.41) is -1.33. The van der Waals surface area contributed by atoms with E-state index < -0.39 is 50.3 Å². The van der Waals surface area contributed by atoms with E-state index in [0.29, 0.717) is 5.02 Å². The zero-order valence-corrected chi connectivity index (χ0v) is 16.6. The van der Waals surface area contributed by atoms with Gasteiger partial charge < -0.3 is 4.74 Å². The summed E-state index contributed by atoms with van der Waals surface area (Å²) in [6.07, 6.45) is -0.664. The number of rotatable bonds is 5. The Morgan fingerprint density at radius 1 is 1.11 bits per heavy atom. The maximum Gasteiger partial charge on any atom is 0.307 e. The van der Waals surface area contributed by atoms with Crippen molar-refractivity contribution in [2.45, 2.75) is 42.9 Å². The van der Waals surface area contributed by atoms with Gasteiger partial charge in [0, 0.05) is 10.6 Å². The van der Waals surface area contributed by atoms with Gasteiger partial charge in [0.15, 0.2) is 9.84 Å². The van der Waals surface area contributed by atoms with E-state index in [2.05, 4.69) is 0 Å². The van der Waals surface area contributed by atoms with Gasteiger partial charge in [-0.2, -0.15) is 0 Å². The van der Waals surface area contributed by atoms with Crippen LogP contribution in [0.3, 0.4) is 0 Å². The lowest BCUT2D eigenvalue weighted by molar-refractivity contribution is -0.154. The van der Waals surface area contributed by atoms with Gasteiger partial charge in [-0.05, 0) is 63.2 Å². The Bertz CT molecular complexity index is 935. The molecule has 0 aliphatic heterocycles. The van der Waals surface area contributed by atoms with E-state index in [1.54, 1.807) is 20.8 Å². The van der Waals surface area contributed by atoms with Crippen molar-refractivity contribution >= 4 is 27.4 Å². The van der Waals surface area contributed by atoms with E-state index >= 15 is 0 Å². The van der Waals surface area contributed by atoms with Crippen molar-refractivity contribution in [3.63, 3.8) is 0 Å². The van der Waals surface area contributed by atoms with Crippen LogP contribution in [0.5, 0.6) is 0 Å². The molecule has 0 radical (unpaired) electrons. The van der Waals surface area contributed by atoms with Crippen molar-refractivity contribution in [1.29, 1.82) is 0 Å². The van der Waals surface area contributed by atoms with E-state index in [0.717, 1.165) is 18.2 Å². The van der Waals surface area contributed by atoms with Crippen molar-refractivity contribution < 1.29 is 26.7 Å². The third-order valence-electron chi connectivity index (χ3n) is 3.59. The van der Waals surface area contributed by atoms with E-state index in [-0.39, 0.29) is 4.90 Å². The van der Waals surface area contributed by atoms with E-state index in [9.17, 15) is 22.0 Å². The third kappa shape index (κ3) is 5.49. The summed E-state index contributed by atoms with van der Waals surface area (Å²) in [7, 11) is -4.23. The average molecular weight is 417 g/mol. The Balaban J connectivity index is 2.53. The Hall–Kier alpha value is -1.99. The van der Waals surface area contributed by atoms with Gasteiger partial charge in [0.1, 0.15) is 22.5 Å². The number of hydrogen-bond donors (Lipinski definition) is 0. The highest BCUT2D eigenvalue weighted by molar-refractivity contribution is 7.91. The highest BCUT2D eigenvalue weighted by Crippen LogP contribution is 2.35. The fourth-order valence-corrected chi connectivity index (χ4v) is 4.31. The minimum atomic E-state index is -4.23. The van der Waals surface area contributed by atoms with Crippen LogP contribution in [0.4, 0.5) is 8.78 Å². The summed E-state index contributed by atoms with van der Waals surface area (Å²) in [6, 6.07) is 7.69. The molecular formula is C19H19ClF2O4S. The minimum absolute atomic E-state index is 0.163. The number of ether oxygens (including phenoxy) is 1. The topological polar surface area (TPSA) is 60.4 Å². The largest absolute Gasteiger partial charge is 0.460 e. The van der Waals surface area contributed by atoms with Gasteiger partial charge in [-0.1, -0.05) is 11.6 Å². The summed E-state index contributed by atoms with van der Waals surface area (Å²) in [5.74, 6) is -2.58. The first-order valence-corrected chi connectivity index (χ1v) is 9.99. The second-order valence-electron chi connectivity index (χ2n) is 6.94. The highest BCUT2D eigenvalue weighted by atomic mass is 35.5. The molecule has 0 spiro atoms. The Morgan fingerprint density at radius 2 is 1.70 bits per heavy atom. The van der Waals surface area contributed by atoms with Gasteiger partial charge in [0.2, 0.25) is 0 Å². The van der Waals surface area contributed by atoms with Crippen LogP contribution in [0, 0.1) is 11.6 Å². The van der Waals surface area contributed by atoms with Crippen LogP contribution in [-0.4, -0.2) is 20.0 Å². The van der Waals surface area contributed by atoms with E-state index in [1.165, 1.54) is 24.3 Å². The monoisotopic (exact) mass is 416 g/mol. The Kier molecular flexibility index (Phi) is 6.27. The molecule has 0 amide bonds. The van der Waals surface area contributed by atoms with Crippen LogP contribution in [-0.2, 0) is 19.4 Å². The quantitative estimate of drug-likeness (QED) is 0.653. The van der Waals surface area contributed by atoms with Crippen LogP contribution in [0.15, 0.2) is 47.4 Å². The third-order valence-corrected chi connectivity index (χ3v) is 5.94. The zero-order chi connectivity index (χ0) is 20.4.